The van der Waals surface area contributed by atoms with E-state index in [0.717, 1.165) is 23.9 Å². The molecule has 1 fully saturated rings. The summed E-state index contributed by atoms with van der Waals surface area (Å²) >= 11 is 1.12. The first kappa shape index (κ1) is 20.1. The van der Waals surface area contributed by atoms with Crippen LogP contribution in [0.3, 0.4) is 0 Å². The molecule has 0 atom stereocenters. The lowest BCUT2D eigenvalue weighted by Gasteiger charge is -2.23. The van der Waals surface area contributed by atoms with Crippen molar-refractivity contribution in [1.29, 1.82) is 0 Å². The number of para-hydroxylation sites is 1. The van der Waals surface area contributed by atoms with Gasteiger partial charge in [-0.25, -0.2) is 0 Å². The highest BCUT2D eigenvalue weighted by atomic mass is 32.2. The third-order valence-electron chi connectivity index (χ3n) is 3.75. The monoisotopic (exact) mass is 389 g/mol. The van der Waals surface area contributed by atoms with Gasteiger partial charge in [0.15, 0.2) is 0 Å². The number of rotatable bonds is 6. The Morgan fingerprint density at radius 2 is 2.00 bits per heavy atom. The van der Waals surface area contributed by atoms with E-state index in [4.69, 9.17) is 0 Å². The van der Waals surface area contributed by atoms with E-state index in [2.05, 4.69) is 5.32 Å². The lowest BCUT2D eigenvalue weighted by molar-refractivity contribution is -0.137. The number of carbonyl (C=O) groups is 3. The first-order valence-electron chi connectivity index (χ1n) is 7.88. The highest BCUT2D eigenvalue weighted by Crippen LogP contribution is 2.34. The fraction of sp³-hybridized carbons (Fsp3) is 0.438. The number of likely N-dealkylation sites (N-methyl/N-ethyl adjacent to an activating group) is 1. The summed E-state index contributed by atoms with van der Waals surface area (Å²) < 4.78 is 38.9. The van der Waals surface area contributed by atoms with E-state index in [1.54, 1.807) is 6.92 Å². The first-order valence-corrected chi connectivity index (χ1v) is 8.86. The van der Waals surface area contributed by atoms with Gasteiger partial charge in [-0.15, -0.1) is 0 Å². The number of anilines is 1. The molecule has 0 aromatic heterocycles. The van der Waals surface area contributed by atoms with E-state index in [1.165, 1.54) is 21.9 Å². The molecule has 142 valence electrons. The van der Waals surface area contributed by atoms with Crippen molar-refractivity contribution in [3.05, 3.63) is 29.8 Å². The van der Waals surface area contributed by atoms with Crippen LogP contribution in [-0.2, 0) is 15.8 Å². The van der Waals surface area contributed by atoms with E-state index < -0.39 is 30.1 Å². The summed E-state index contributed by atoms with van der Waals surface area (Å²) in [4.78, 5) is 38.5. The second-order valence-corrected chi connectivity index (χ2v) is 6.58. The third-order valence-corrected chi connectivity index (χ3v) is 4.64. The molecule has 26 heavy (non-hydrogen) atoms. The molecule has 1 heterocycles. The van der Waals surface area contributed by atoms with Gasteiger partial charge in [-0.2, -0.15) is 13.2 Å². The molecule has 6 nitrogen and oxygen atoms in total. The van der Waals surface area contributed by atoms with Gasteiger partial charge >= 0.3 is 6.18 Å². The molecule has 1 aromatic carbocycles. The average molecular weight is 389 g/mol. The zero-order valence-electron chi connectivity index (χ0n) is 14.0. The second kappa shape index (κ2) is 8.43. The van der Waals surface area contributed by atoms with Gasteiger partial charge in [0.05, 0.1) is 17.8 Å². The van der Waals surface area contributed by atoms with E-state index in [1.807, 2.05) is 0 Å². The number of nitrogens with zero attached hydrogens (tertiary/aromatic N) is 2. The predicted molar refractivity (Wildman–Crippen MR) is 91.8 cm³/mol. The number of hydrogen-bond acceptors (Lipinski definition) is 4. The van der Waals surface area contributed by atoms with E-state index in [0.29, 0.717) is 12.3 Å². The minimum absolute atomic E-state index is 0.147. The molecule has 10 heteroatoms. The van der Waals surface area contributed by atoms with Crippen molar-refractivity contribution < 1.29 is 27.6 Å². The fourth-order valence-electron chi connectivity index (χ4n) is 2.41. The Morgan fingerprint density at radius 3 is 2.58 bits per heavy atom. The number of thioether (sulfide) groups is 1. The lowest BCUT2D eigenvalue weighted by atomic mass is 10.1. The Labute approximate surface area is 152 Å². The molecular weight excluding hydrogens is 371 g/mol. The zero-order valence-corrected chi connectivity index (χ0v) is 14.8. The maximum atomic E-state index is 13.0. The van der Waals surface area contributed by atoms with Gasteiger partial charge in [0.25, 0.3) is 5.24 Å². The molecule has 0 aliphatic carbocycles. The number of nitrogens with one attached hydrogen (secondary N) is 1. The topological polar surface area (TPSA) is 69.7 Å². The second-order valence-electron chi connectivity index (χ2n) is 5.54. The third kappa shape index (κ3) is 5.13. The van der Waals surface area contributed by atoms with Crippen molar-refractivity contribution in [2.75, 3.05) is 37.2 Å². The molecule has 0 saturated carbocycles. The summed E-state index contributed by atoms with van der Waals surface area (Å²) in [5.41, 5.74) is -1.32. The summed E-state index contributed by atoms with van der Waals surface area (Å²) in [6.45, 7) is 1.76. The summed E-state index contributed by atoms with van der Waals surface area (Å²) in [7, 11) is 0. The predicted octanol–water partition coefficient (Wildman–Crippen LogP) is 2.66. The van der Waals surface area contributed by atoms with Crippen LogP contribution in [0.4, 0.5) is 23.7 Å². The van der Waals surface area contributed by atoms with Gasteiger partial charge in [0.2, 0.25) is 11.8 Å². The average Bonchev–Trinajstić information content (AvgIpc) is 2.97. The van der Waals surface area contributed by atoms with Crippen LogP contribution in [0.2, 0.25) is 0 Å². The molecule has 0 spiro atoms. The van der Waals surface area contributed by atoms with Crippen molar-refractivity contribution in [2.45, 2.75) is 13.1 Å². The molecule has 1 aromatic rings. The zero-order chi connectivity index (χ0) is 19.3. The normalized spacial score (nSPS) is 14.5. The van der Waals surface area contributed by atoms with Gasteiger partial charge in [-0.05, 0) is 19.1 Å². The smallest absolute Gasteiger partial charge is 0.332 e. The van der Waals surface area contributed by atoms with Gasteiger partial charge in [0.1, 0.15) is 6.54 Å². The first-order chi connectivity index (χ1) is 12.2. The Balaban J connectivity index is 1.99. The number of alkyl halides is 3. The minimum atomic E-state index is -4.60. The summed E-state index contributed by atoms with van der Waals surface area (Å²) in [6, 6.07) is 4.63. The van der Waals surface area contributed by atoms with Gasteiger partial charge in [-0.1, -0.05) is 23.9 Å². The maximum Gasteiger partial charge on any atom is 0.418 e. The van der Waals surface area contributed by atoms with Crippen LogP contribution in [0.1, 0.15) is 12.5 Å². The molecule has 0 radical (unpaired) electrons. The molecule has 0 bridgehead atoms. The van der Waals surface area contributed by atoms with Crippen molar-refractivity contribution in [1.82, 2.24) is 9.80 Å². The van der Waals surface area contributed by atoms with Gasteiger partial charge in [-0.3, -0.25) is 14.4 Å². The van der Waals surface area contributed by atoms with Crippen molar-refractivity contribution in [3.63, 3.8) is 0 Å². The van der Waals surface area contributed by atoms with Crippen LogP contribution in [0, 0.1) is 0 Å². The number of benzene rings is 1. The highest BCUT2D eigenvalue weighted by molar-refractivity contribution is 8.13. The molecule has 1 N–H and O–H groups in total. The summed E-state index contributed by atoms with van der Waals surface area (Å²) in [5.74, 6) is -0.561. The van der Waals surface area contributed by atoms with E-state index in [9.17, 15) is 27.6 Å². The van der Waals surface area contributed by atoms with Crippen molar-refractivity contribution in [3.8, 4) is 0 Å². The standard InChI is InChI=1S/C16H18F3N3O3S/c1-2-21(14(24)10-22-7-8-26-15(22)25)9-13(23)20-12-6-4-3-5-11(12)16(17,18)19/h3-6H,2,7-10H2,1H3,(H,20,23). The van der Waals surface area contributed by atoms with E-state index in [-0.39, 0.29) is 24.0 Å². The van der Waals surface area contributed by atoms with Crippen LogP contribution >= 0.6 is 11.8 Å². The molecular formula is C16H18F3N3O3S. The SMILES string of the molecule is CCN(CC(=O)Nc1ccccc1C(F)(F)F)C(=O)CN1CCSC1=O. The molecule has 0 unspecified atom stereocenters. The maximum absolute atomic E-state index is 13.0. The van der Waals surface area contributed by atoms with Crippen LogP contribution < -0.4 is 5.32 Å². The van der Waals surface area contributed by atoms with Gasteiger partial charge in [0, 0.05) is 18.8 Å². The highest BCUT2D eigenvalue weighted by Gasteiger charge is 2.33. The fourth-order valence-corrected chi connectivity index (χ4v) is 3.24. The minimum Gasteiger partial charge on any atom is -0.332 e. The largest absolute Gasteiger partial charge is 0.418 e. The summed E-state index contributed by atoms with van der Waals surface area (Å²) in [5, 5.41) is 2.01. The number of halogens is 3. The van der Waals surface area contributed by atoms with Gasteiger partial charge < -0.3 is 15.1 Å². The Morgan fingerprint density at radius 1 is 1.31 bits per heavy atom. The lowest BCUT2D eigenvalue weighted by Crippen LogP contribution is -2.43. The van der Waals surface area contributed by atoms with Crippen LogP contribution in [0.5, 0.6) is 0 Å². The molecule has 1 saturated heterocycles. The number of amides is 3. The Bertz CT molecular complexity index is 697. The Hall–Kier alpha value is -2.23. The van der Waals surface area contributed by atoms with E-state index >= 15 is 0 Å². The number of carbonyl (C=O) groups excluding carboxylic acids is 3. The number of hydrogen-bond donors (Lipinski definition) is 1. The molecule has 1 aliphatic heterocycles. The van der Waals surface area contributed by atoms with Crippen molar-refractivity contribution in [2.24, 2.45) is 0 Å². The Kier molecular flexibility index (Phi) is 6.52. The molecule has 3 amide bonds. The molecule has 1 aliphatic rings. The summed E-state index contributed by atoms with van der Waals surface area (Å²) in [6.07, 6.45) is -4.60. The van der Waals surface area contributed by atoms with Crippen LogP contribution in [0.15, 0.2) is 24.3 Å². The van der Waals surface area contributed by atoms with Crippen molar-refractivity contribution >= 4 is 34.5 Å². The van der Waals surface area contributed by atoms with Crippen LogP contribution in [0.25, 0.3) is 0 Å². The molecule has 2 rings (SSSR count). The van der Waals surface area contributed by atoms with Crippen LogP contribution in [-0.4, -0.2) is 58.8 Å². The quantitative estimate of drug-likeness (QED) is 0.812.